The average Bonchev–Trinajstić information content (AvgIpc) is 2.34. The van der Waals surface area contributed by atoms with Gasteiger partial charge in [-0.2, -0.15) is 0 Å². The van der Waals surface area contributed by atoms with Gasteiger partial charge in [-0.1, -0.05) is 26.2 Å². The standard InChI is InChI=1S/C14H24F2O/c1-3-4-9-5-6-10-8-12(17-2)14(16)13(15)11(10)7-9/h9-14H,3-8H2,1-2H3. The van der Waals surface area contributed by atoms with Gasteiger partial charge in [0.05, 0.1) is 6.10 Å². The lowest BCUT2D eigenvalue weighted by Gasteiger charge is -2.45. The van der Waals surface area contributed by atoms with Gasteiger partial charge in [-0.05, 0) is 37.0 Å². The van der Waals surface area contributed by atoms with E-state index in [0.717, 1.165) is 19.3 Å². The van der Waals surface area contributed by atoms with Crippen molar-refractivity contribution in [1.29, 1.82) is 0 Å². The van der Waals surface area contributed by atoms with Gasteiger partial charge < -0.3 is 4.74 Å². The van der Waals surface area contributed by atoms with Crippen LogP contribution in [0.15, 0.2) is 0 Å². The molecule has 0 aromatic heterocycles. The van der Waals surface area contributed by atoms with E-state index in [-0.39, 0.29) is 5.92 Å². The SMILES string of the molecule is CCCC1CCC2CC(OC)C(F)C(F)C2C1. The molecule has 2 rings (SSSR count). The average molecular weight is 246 g/mol. The van der Waals surface area contributed by atoms with Crippen molar-refractivity contribution in [3.05, 3.63) is 0 Å². The monoisotopic (exact) mass is 246 g/mol. The second-order valence-electron chi connectivity index (χ2n) is 5.79. The van der Waals surface area contributed by atoms with Crippen molar-refractivity contribution in [3.8, 4) is 0 Å². The van der Waals surface area contributed by atoms with Crippen molar-refractivity contribution < 1.29 is 13.5 Å². The second-order valence-corrected chi connectivity index (χ2v) is 5.79. The third kappa shape index (κ3) is 2.64. The molecule has 6 atom stereocenters. The molecular formula is C14H24F2O. The van der Waals surface area contributed by atoms with Crippen LogP contribution < -0.4 is 0 Å². The van der Waals surface area contributed by atoms with Crippen LogP contribution in [0, 0.1) is 17.8 Å². The number of hydrogen-bond acceptors (Lipinski definition) is 1. The maximum atomic E-state index is 14.1. The molecule has 0 amide bonds. The molecule has 2 saturated carbocycles. The third-order valence-corrected chi connectivity index (χ3v) is 4.76. The van der Waals surface area contributed by atoms with E-state index in [4.69, 9.17) is 4.74 Å². The van der Waals surface area contributed by atoms with Gasteiger partial charge in [-0.25, -0.2) is 8.78 Å². The first-order chi connectivity index (χ1) is 8.17. The number of fused-ring (bicyclic) bond motifs is 1. The molecule has 0 aromatic rings. The zero-order valence-electron chi connectivity index (χ0n) is 10.9. The molecule has 1 nitrogen and oxygen atoms in total. The zero-order valence-corrected chi connectivity index (χ0v) is 10.9. The number of methoxy groups -OCH3 is 1. The molecule has 2 aliphatic carbocycles. The highest BCUT2D eigenvalue weighted by molar-refractivity contribution is 4.96. The molecule has 0 spiro atoms. The van der Waals surface area contributed by atoms with Crippen molar-refractivity contribution in [2.45, 2.75) is 63.9 Å². The van der Waals surface area contributed by atoms with E-state index in [1.54, 1.807) is 0 Å². The minimum atomic E-state index is -1.42. The van der Waals surface area contributed by atoms with Crippen LogP contribution in [0.25, 0.3) is 0 Å². The Morgan fingerprint density at radius 1 is 1.12 bits per heavy atom. The fraction of sp³-hybridized carbons (Fsp3) is 1.00. The van der Waals surface area contributed by atoms with Crippen LogP contribution in [0.3, 0.4) is 0 Å². The molecule has 0 aliphatic heterocycles. The quantitative estimate of drug-likeness (QED) is 0.733. The summed E-state index contributed by atoms with van der Waals surface area (Å²) in [6, 6.07) is 0. The molecule has 0 saturated heterocycles. The lowest BCUT2D eigenvalue weighted by molar-refractivity contribution is -0.0955. The van der Waals surface area contributed by atoms with Gasteiger partial charge in [0.25, 0.3) is 0 Å². The Balaban J connectivity index is 2.00. The predicted molar refractivity (Wildman–Crippen MR) is 64.4 cm³/mol. The summed E-state index contributed by atoms with van der Waals surface area (Å²) in [4.78, 5) is 0. The summed E-state index contributed by atoms with van der Waals surface area (Å²) in [5.41, 5.74) is 0. The first-order valence-electron chi connectivity index (χ1n) is 6.98. The molecule has 17 heavy (non-hydrogen) atoms. The van der Waals surface area contributed by atoms with E-state index in [2.05, 4.69) is 6.92 Å². The molecule has 0 aromatic carbocycles. The minimum Gasteiger partial charge on any atom is -0.378 e. The fourth-order valence-electron chi connectivity index (χ4n) is 3.81. The summed E-state index contributed by atoms with van der Waals surface area (Å²) < 4.78 is 33.0. The normalized spacial score (nSPS) is 46.6. The van der Waals surface area contributed by atoms with Crippen LogP contribution >= 0.6 is 0 Å². The van der Waals surface area contributed by atoms with Crippen LogP contribution in [-0.4, -0.2) is 25.6 Å². The van der Waals surface area contributed by atoms with E-state index < -0.39 is 18.4 Å². The van der Waals surface area contributed by atoms with Crippen molar-refractivity contribution in [3.63, 3.8) is 0 Å². The number of halogens is 2. The highest BCUT2D eigenvalue weighted by atomic mass is 19.2. The van der Waals surface area contributed by atoms with Crippen molar-refractivity contribution in [1.82, 2.24) is 0 Å². The van der Waals surface area contributed by atoms with Gasteiger partial charge in [0.15, 0.2) is 6.17 Å². The topological polar surface area (TPSA) is 9.23 Å². The summed E-state index contributed by atoms with van der Waals surface area (Å²) in [5, 5.41) is 0. The van der Waals surface area contributed by atoms with Crippen LogP contribution in [-0.2, 0) is 4.74 Å². The van der Waals surface area contributed by atoms with Crippen LogP contribution in [0.1, 0.15) is 45.4 Å². The molecule has 0 N–H and O–H groups in total. The smallest absolute Gasteiger partial charge is 0.157 e. The van der Waals surface area contributed by atoms with Crippen molar-refractivity contribution >= 4 is 0 Å². The maximum Gasteiger partial charge on any atom is 0.157 e. The third-order valence-electron chi connectivity index (χ3n) is 4.76. The van der Waals surface area contributed by atoms with E-state index in [1.807, 2.05) is 0 Å². The molecular weight excluding hydrogens is 222 g/mol. The zero-order chi connectivity index (χ0) is 12.4. The molecule has 6 unspecified atom stereocenters. The van der Waals surface area contributed by atoms with Gasteiger partial charge in [0, 0.05) is 7.11 Å². The van der Waals surface area contributed by atoms with Gasteiger partial charge in [0.2, 0.25) is 0 Å². The number of alkyl halides is 2. The summed E-state index contributed by atoms with van der Waals surface area (Å²) in [5.74, 6) is 0.905. The summed E-state index contributed by atoms with van der Waals surface area (Å²) in [7, 11) is 1.49. The lowest BCUT2D eigenvalue weighted by atomic mass is 9.65. The summed E-state index contributed by atoms with van der Waals surface area (Å²) in [6.07, 6.45) is 2.92. The van der Waals surface area contributed by atoms with Crippen molar-refractivity contribution in [2.24, 2.45) is 17.8 Å². The van der Waals surface area contributed by atoms with Gasteiger partial charge in [-0.3, -0.25) is 0 Å². The first kappa shape index (κ1) is 13.3. The largest absolute Gasteiger partial charge is 0.378 e. The van der Waals surface area contributed by atoms with Gasteiger partial charge >= 0.3 is 0 Å². The summed E-state index contributed by atoms with van der Waals surface area (Å²) >= 11 is 0. The highest BCUT2D eigenvalue weighted by Crippen LogP contribution is 2.46. The number of hydrogen-bond donors (Lipinski definition) is 0. The molecule has 0 heterocycles. The molecule has 0 radical (unpaired) electrons. The molecule has 2 fully saturated rings. The fourth-order valence-corrected chi connectivity index (χ4v) is 3.81. The van der Waals surface area contributed by atoms with E-state index >= 15 is 0 Å². The highest BCUT2D eigenvalue weighted by Gasteiger charge is 2.47. The Hall–Kier alpha value is -0.180. The Bertz CT molecular complexity index is 244. The summed E-state index contributed by atoms with van der Waals surface area (Å²) in [6.45, 7) is 2.17. The van der Waals surface area contributed by atoms with Crippen LogP contribution in [0.5, 0.6) is 0 Å². The number of rotatable bonds is 3. The maximum absolute atomic E-state index is 14.1. The van der Waals surface area contributed by atoms with E-state index in [1.165, 1.54) is 20.0 Å². The second kappa shape index (κ2) is 5.64. The van der Waals surface area contributed by atoms with Crippen LogP contribution in [0.4, 0.5) is 8.78 Å². The molecule has 2 aliphatic rings. The Kier molecular flexibility index (Phi) is 4.40. The number of ether oxygens (including phenoxy) is 1. The van der Waals surface area contributed by atoms with Gasteiger partial charge in [-0.15, -0.1) is 0 Å². The first-order valence-corrected chi connectivity index (χ1v) is 6.98. The Morgan fingerprint density at radius 2 is 1.88 bits per heavy atom. The van der Waals surface area contributed by atoms with Crippen molar-refractivity contribution in [2.75, 3.05) is 7.11 Å². The Morgan fingerprint density at radius 3 is 2.53 bits per heavy atom. The molecule has 0 bridgehead atoms. The Labute approximate surface area is 103 Å². The molecule has 100 valence electrons. The lowest BCUT2D eigenvalue weighted by Crippen LogP contribution is -2.49. The van der Waals surface area contributed by atoms with E-state index in [0.29, 0.717) is 18.3 Å². The van der Waals surface area contributed by atoms with Crippen LogP contribution in [0.2, 0.25) is 0 Å². The van der Waals surface area contributed by atoms with E-state index in [9.17, 15) is 8.78 Å². The van der Waals surface area contributed by atoms with Gasteiger partial charge in [0.1, 0.15) is 6.17 Å². The molecule has 3 heteroatoms. The predicted octanol–water partition coefficient (Wildman–Crippen LogP) is 3.91. The minimum absolute atomic E-state index is 0.0540.